The van der Waals surface area contributed by atoms with Crippen LogP contribution in [0.2, 0.25) is 0 Å². The highest BCUT2D eigenvalue weighted by molar-refractivity contribution is 5.85. The molecule has 106 valence electrons. The van der Waals surface area contributed by atoms with Crippen LogP contribution in [0.3, 0.4) is 0 Å². The Morgan fingerprint density at radius 3 is 2.37 bits per heavy atom. The highest BCUT2D eigenvalue weighted by atomic mass is 16.2. The first-order chi connectivity index (χ1) is 9.27. The number of carbonyl (C=O) groups excluding carboxylic acids is 1. The van der Waals surface area contributed by atoms with Gasteiger partial charge in [-0.05, 0) is 38.8 Å². The second kappa shape index (κ2) is 6.91. The van der Waals surface area contributed by atoms with Crippen LogP contribution in [-0.2, 0) is 4.79 Å². The van der Waals surface area contributed by atoms with E-state index in [-0.39, 0.29) is 5.91 Å². The van der Waals surface area contributed by atoms with Crippen LogP contribution < -0.4 is 5.32 Å². The number of hydrogen-bond donors (Lipinski definition) is 1. The van der Waals surface area contributed by atoms with Crippen LogP contribution in [0.1, 0.15) is 51.4 Å². The Balaban J connectivity index is 1.75. The smallest absolute Gasteiger partial charge is 0.240 e. The highest BCUT2D eigenvalue weighted by Crippen LogP contribution is 2.35. The normalized spacial score (nSPS) is 23.5. The summed E-state index contributed by atoms with van der Waals surface area (Å²) in [6, 6.07) is 2.28. The topological polar surface area (TPSA) is 56.1 Å². The van der Waals surface area contributed by atoms with Crippen molar-refractivity contribution in [1.29, 1.82) is 5.26 Å². The molecule has 0 bridgehead atoms. The monoisotopic (exact) mass is 263 g/mol. The van der Waals surface area contributed by atoms with E-state index in [1.807, 2.05) is 0 Å². The largest absolute Gasteiger partial charge is 0.353 e. The summed E-state index contributed by atoms with van der Waals surface area (Å²) in [5, 5.41) is 12.3. The Kier molecular flexibility index (Phi) is 5.21. The maximum Gasteiger partial charge on any atom is 0.240 e. The lowest BCUT2D eigenvalue weighted by Gasteiger charge is -2.30. The van der Waals surface area contributed by atoms with Crippen LogP contribution >= 0.6 is 0 Å². The molecule has 1 aliphatic carbocycles. The quantitative estimate of drug-likeness (QED) is 0.844. The van der Waals surface area contributed by atoms with Crippen LogP contribution in [0.4, 0.5) is 0 Å². The average Bonchev–Trinajstić information content (AvgIpc) is 2.49. The summed E-state index contributed by atoms with van der Waals surface area (Å²) in [4.78, 5) is 14.6. The maximum absolute atomic E-state index is 12.2. The Hall–Kier alpha value is -1.08. The summed E-state index contributed by atoms with van der Waals surface area (Å²) >= 11 is 0. The Bertz CT molecular complexity index is 336. The van der Waals surface area contributed by atoms with E-state index in [9.17, 15) is 10.1 Å². The molecular formula is C15H25N3O. The van der Waals surface area contributed by atoms with E-state index in [1.165, 1.54) is 19.3 Å². The van der Waals surface area contributed by atoms with E-state index >= 15 is 0 Å². The highest BCUT2D eigenvalue weighted by Gasteiger charge is 2.39. The maximum atomic E-state index is 12.2. The van der Waals surface area contributed by atoms with Gasteiger partial charge in [0.05, 0.1) is 6.07 Å². The van der Waals surface area contributed by atoms with Crippen LogP contribution in [0.15, 0.2) is 0 Å². The number of nitriles is 1. The molecule has 0 aromatic heterocycles. The molecule has 0 aromatic rings. The van der Waals surface area contributed by atoms with E-state index in [0.29, 0.717) is 6.54 Å². The van der Waals surface area contributed by atoms with Gasteiger partial charge in [-0.3, -0.25) is 4.79 Å². The first-order valence-corrected chi connectivity index (χ1v) is 7.69. The van der Waals surface area contributed by atoms with Gasteiger partial charge in [-0.15, -0.1) is 0 Å². The third kappa shape index (κ3) is 3.70. The number of piperidine rings is 1. The number of hydrogen-bond acceptors (Lipinski definition) is 3. The number of rotatable bonds is 4. The zero-order valence-corrected chi connectivity index (χ0v) is 11.8. The van der Waals surface area contributed by atoms with Crippen molar-refractivity contribution in [3.05, 3.63) is 0 Å². The minimum Gasteiger partial charge on any atom is -0.353 e. The molecule has 2 rings (SSSR count). The fourth-order valence-corrected chi connectivity index (χ4v) is 3.22. The number of carbonyl (C=O) groups is 1. The van der Waals surface area contributed by atoms with Gasteiger partial charge in [-0.25, -0.2) is 0 Å². The van der Waals surface area contributed by atoms with Gasteiger partial charge in [0, 0.05) is 13.1 Å². The van der Waals surface area contributed by atoms with Gasteiger partial charge in [0.2, 0.25) is 5.91 Å². The molecule has 4 nitrogen and oxygen atoms in total. The Morgan fingerprint density at radius 2 is 1.74 bits per heavy atom. The molecule has 1 N–H and O–H groups in total. The third-order valence-electron chi connectivity index (χ3n) is 4.52. The van der Waals surface area contributed by atoms with Crippen LogP contribution in [0.25, 0.3) is 0 Å². The van der Waals surface area contributed by atoms with Crippen molar-refractivity contribution < 1.29 is 4.79 Å². The van der Waals surface area contributed by atoms with Crippen LogP contribution in [0.5, 0.6) is 0 Å². The number of nitrogens with zero attached hydrogens (tertiary/aromatic N) is 2. The summed E-state index contributed by atoms with van der Waals surface area (Å²) in [7, 11) is 0. The first kappa shape index (κ1) is 14.3. The molecule has 1 aliphatic heterocycles. The summed E-state index contributed by atoms with van der Waals surface area (Å²) < 4.78 is 0. The van der Waals surface area contributed by atoms with Gasteiger partial charge < -0.3 is 10.2 Å². The van der Waals surface area contributed by atoms with Gasteiger partial charge in [0.25, 0.3) is 0 Å². The number of likely N-dealkylation sites (tertiary alicyclic amines) is 1. The molecule has 19 heavy (non-hydrogen) atoms. The zero-order chi connectivity index (χ0) is 13.6. The van der Waals surface area contributed by atoms with Gasteiger partial charge in [0.15, 0.2) is 0 Å². The molecule has 0 radical (unpaired) electrons. The Morgan fingerprint density at radius 1 is 1.11 bits per heavy atom. The lowest BCUT2D eigenvalue weighted by atomic mass is 9.74. The fraction of sp³-hybridized carbons (Fsp3) is 0.867. The van der Waals surface area contributed by atoms with Gasteiger partial charge in [-0.2, -0.15) is 5.26 Å². The second-order valence-electron chi connectivity index (χ2n) is 5.91. The van der Waals surface area contributed by atoms with Gasteiger partial charge >= 0.3 is 0 Å². The minimum absolute atomic E-state index is 0.0355. The Labute approximate surface area is 116 Å². The van der Waals surface area contributed by atoms with E-state index in [2.05, 4.69) is 16.3 Å². The van der Waals surface area contributed by atoms with E-state index < -0.39 is 5.41 Å². The molecule has 0 atom stereocenters. The zero-order valence-electron chi connectivity index (χ0n) is 11.8. The summed E-state index contributed by atoms with van der Waals surface area (Å²) in [5.74, 6) is -0.0355. The van der Waals surface area contributed by atoms with E-state index in [4.69, 9.17) is 0 Å². The predicted octanol–water partition coefficient (Wildman–Crippen LogP) is 2.06. The number of nitrogens with one attached hydrogen (secondary N) is 1. The average molecular weight is 263 g/mol. The third-order valence-corrected chi connectivity index (χ3v) is 4.52. The van der Waals surface area contributed by atoms with Crippen molar-refractivity contribution in [3.8, 4) is 6.07 Å². The summed E-state index contributed by atoms with van der Waals surface area (Å²) in [5.41, 5.74) is -0.736. The van der Waals surface area contributed by atoms with Crippen molar-refractivity contribution in [2.45, 2.75) is 51.4 Å². The molecule has 0 unspecified atom stereocenters. The van der Waals surface area contributed by atoms with Crippen molar-refractivity contribution in [1.82, 2.24) is 10.2 Å². The van der Waals surface area contributed by atoms with Gasteiger partial charge in [-0.1, -0.05) is 25.7 Å². The lowest BCUT2D eigenvalue weighted by Crippen LogP contribution is -2.44. The fourth-order valence-electron chi connectivity index (χ4n) is 3.22. The molecule has 0 spiro atoms. The predicted molar refractivity (Wildman–Crippen MR) is 74.4 cm³/mol. The first-order valence-electron chi connectivity index (χ1n) is 7.69. The standard InChI is InChI=1S/C15H25N3O/c16-13-15(7-3-1-4-8-15)14(19)17-9-12-18-10-5-2-6-11-18/h1-12H2,(H,17,19). The molecule has 1 amide bonds. The summed E-state index contributed by atoms with van der Waals surface area (Å²) in [6.45, 7) is 3.91. The molecule has 4 heteroatoms. The SMILES string of the molecule is N#CC1(C(=O)NCCN2CCCCC2)CCCCC1. The molecular weight excluding hydrogens is 238 g/mol. The van der Waals surface area contributed by atoms with Crippen molar-refractivity contribution in [2.75, 3.05) is 26.2 Å². The van der Waals surface area contributed by atoms with E-state index in [0.717, 1.165) is 51.7 Å². The molecule has 1 heterocycles. The molecule has 1 saturated carbocycles. The van der Waals surface area contributed by atoms with Crippen LogP contribution in [0, 0.1) is 16.7 Å². The van der Waals surface area contributed by atoms with Crippen molar-refractivity contribution >= 4 is 5.91 Å². The van der Waals surface area contributed by atoms with Crippen LogP contribution in [-0.4, -0.2) is 37.0 Å². The van der Waals surface area contributed by atoms with Crippen molar-refractivity contribution in [2.24, 2.45) is 5.41 Å². The molecule has 2 fully saturated rings. The molecule has 2 aliphatic rings. The molecule has 0 aromatic carbocycles. The lowest BCUT2D eigenvalue weighted by molar-refractivity contribution is -0.129. The van der Waals surface area contributed by atoms with E-state index in [1.54, 1.807) is 0 Å². The van der Waals surface area contributed by atoms with Crippen molar-refractivity contribution in [3.63, 3.8) is 0 Å². The van der Waals surface area contributed by atoms with Gasteiger partial charge in [0.1, 0.15) is 5.41 Å². The second-order valence-corrected chi connectivity index (χ2v) is 5.91. The minimum atomic E-state index is -0.736. The summed E-state index contributed by atoms with van der Waals surface area (Å²) in [6.07, 6.45) is 8.52. The molecule has 1 saturated heterocycles. The number of amides is 1.